The molecule has 220 valence electrons. The van der Waals surface area contributed by atoms with E-state index in [9.17, 15) is 9.90 Å². The van der Waals surface area contributed by atoms with E-state index >= 15 is 0 Å². The normalized spacial score (nSPS) is 17.7. The molecule has 0 spiro atoms. The summed E-state index contributed by atoms with van der Waals surface area (Å²) >= 11 is 6.35. The van der Waals surface area contributed by atoms with Crippen LogP contribution in [0.25, 0.3) is 21.9 Å². The van der Waals surface area contributed by atoms with Gasteiger partial charge in [0.25, 0.3) is 0 Å². The molecule has 0 saturated carbocycles. The molecule has 2 fully saturated rings. The number of halogens is 1. The van der Waals surface area contributed by atoms with E-state index in [1.54, 1.807) is 30.5 Å². The van der Waals surface area contributed by atoms with Crippen LogP contribution in [0.5, 0.6) is 5.88 Å². The van der Waals surface area contributed by atoms with Crippen molar-refractivity contribution in [3.05, 3.63) is 94.5 Å². The fourth-order valence-corrected chi connectivity index (χ4v) is 6.27. The first kappa shape index (κ1) is 27.8. The summed E-state index contributed by atoms with van der Waals surface area (Å²) in [5, 5.41) is 11.1. The zero-order valence-electron chi connectivity index (χ0n) is 23.7. The van der Waals surface area contributed by atoms with Crippen LogP contribution in [0, 0.1) is 0 Å². The minimum atomic E-state index is -0.934. The largest absolute Gasteiger partial charge is 0.478 e. The summed E-state index contributed by atoms with van der Waals surface area (Å²) in [6.45, 7) is 4.36. The van der Waals surface area contributed by atoms with Crippen LogP contribution in [0.3, 0.4) is 0 Å². The van der Waals surface area contributed by atoms with Crippen molar-refractivity contribution >= 4 is 39.5 Å². The van der Waals surface area contributed by atoms with E-state index in [4.69, 9.17) is 31.0 Å². The molecule has 5 heterocycles. The maximum Gasteiger partial charge on any atom is 0.335 e. The number of likely N-dealkylation sites (tertiary alicyclic amines) is 1. The van der Waals surface area contributed by atoms with Gasteiger partial charge in [-0.25, -0.2) is 14.8 Å². The van der Waals surface area contributed by atoms with Crippen LogP contribution in [-0.4, -0.2) is 61.3 Å². The lowest BCUT2D eigenvalue weighted by Crippen LogP contribution is -2.35. The quantitative estimate of drug-likeness (QED) is 0.218. The lowest BCUT2D eigenvalue weighted by molar-refractivity contribution is -0.0592. The number of aromatic nitrogens is 4. The molecule has 0 unspecified atom stereocenters. The third-order valence-electron chi connectivity index (χ3n) is 8.55. The Morgan fingerprint density at radius 2 is 1.88 bits per heavy atom. The molecular weight excluding hydrogens is 566 g/mol. The third kappa shape index (κ3) is 5.80. The van der Waals surface area contributed by atoms with Crippen molar-refractivity contribution in [3.8, 4) is 5.88 Å². The Kier molecular flexibility index (Phi) is 7.69. The highest BCUT2D eigenvalue weighted by atomic mass is 35.5. The van der Waals surface area contributed by atoms with Crippen LogP contribution in [0.1, 0.15) is 52.6 Å². The number of para-hydroxylation sites is 1. The molecule has 0 bridgehead atoms. The first-order chi connectivity index (χ1) is 21.0. The molecule has 2 aromatic carbocycles. The number of pyridine rings is 2. The van der Waals surface area contributed by atoms with Crippen molar-refractivity contribution in [2.24, 2.45) is 0 Å². The molecule has 7 rings (SSSR count). The minimum Gasteiger partial charge on any atom is -0.478 e. The molecule has 10 heteroatoms. The smallest absolute Gasteiger partial charge is 0.335 e. The minimum absolute atomic E-state index is 0.144. The number of piperidine rings is 1. The topological polar surface area (TPSA) is 103 Å². The molecule has 1 atom stereocenters. The second-order valence-corrected chi connectivity index (χ2v) is 11.7. The Labute approximate surface area is 254 Å². The van der Waals surface area contributed by atoms with Gasteiger partial charge in [-0.3, -0.25) is 9.88 Å². The van der Waals surface area contributed by atoms with Crippen LogP contribution < -0.4 is 4.74 Å². The predicted molar refractivity (Wildman–Crippen MR) is 164 cm³/mol. The second kappa shape index (κ2) is 11.9. The summed E-state index contributed by atoms with van der Waals surface area (Å²) in [6, 6.07) is 18.9. The fraction of sp³-hybridized carbons (Fsp3) is 0.333. The summed E-state index contributed by atoms with van der Waals surface area (Å²) in [5.41, 5.74) is 4.80. The number of nitrogens with zero attached hydrogens (tertiary/aromatic N) is 5. The number of benzene rings is 2. The van der Waals surface area contributed by atoms with Gasteiger partial charge in [-0.05, 0) is 62.7 Å². The van der Waals surface area contributed by atoms with E-state index in [0.29, 0.717) is 36.5 Å². The number of carbonyl (C=O) groups is 1. The number of imidazole rings is 1. The van der Waals surface area contributed by atoms with Crippen LogP contribution >= 0.6 is 11.6 Å². The van der Waals surface area contributed by atoms with E-state index in [-0.39, 0.29) is 11.7 Å². The first-order valence-electron chi connectivity index (χ1n) is 14.7. The number of fused-ring (bicyclic) bond motifs is 2. The Bertz CT molecular complexity index is 1800. The number of rotatable bonds is 9. The van der Waals surface area contributed by atoms with Crippen LogP contribution in [0.15, 0.2) is 66.9 Å². The van der Waals surface area contributed by atoms with Crippen molar-refractivity contribution in [1.29, 1.82) is 0 Å². The van der Waals surface area contributed by atoms with Gasteiger partial charge in [-0.1, -0.05) is 35.9 Å². The van der Waals surface area contributed by atoms with Crippen molar-refractivity contribution in [2.75, 3.05) is 19.7 Å². The summed E-state index contributed by atoms with van der Waals surface area (Å²) in [5.74, 6) is 0.964. The average Bonchev–Trinajstić information content (AvgIpc) is 3.34. The van der Waals surface area contributed by atoms with Gasteiger partial charge in [0.2, 0.25) is 5.88 Å². The number of hydrogen-bond donors (Lipinski definition) is 1. The highest BCUT2D eigenvalue weighted by molar-refractivity contribution is 6.35. The first-order valence-corrected chi connectivity index (χ1v) is 15.1. The Morgan fingerprint density at radius 1 is 1.05 bits per heavy atom. The molecule has 2 aliphatic heterocycles. The van der Waals surface area contributed by atoms with Crippen LogP contribution in [-0.2, 0) is 24.4 Å². The molecule has 0 aliphatic carbocycles. The number of hydrogen-bond acceptors (Lipinski definition) is 7. The lowest BCUT2D eigenvalue weighted by Gasteiger charge is -2.32. The maximum absolute atomic E-state index is 11.6. The Hall–Kier alpha value is -4.05. The summed E-state index contributed by atoms with van der Waals surface area (Å²) in [6.07, 6.45) is 4.83. The van der Waals surface area contributed by atoms with Crippen LogP contribution in [0.2, 0.25) is 5.02 Å². The van der Waals surface area contributed by atoms with E-state index < -0.39 is 5.97 Å². The third-order valence-corrected chi connectivity index (χ3v) is 8.88. The number of carboxylic acid groups (broad SMARTS) is 1. The van der Waals surface area contributed by atoms with Crippen molar-refractivity contribution in [3.63, 3.8) is 0 Å². The summed E-state index contributed by atoms with van der Waals surface area (Å²) < 4.78 is 14.0. The predicted octanol–water partition coefficient (Wildman–Crippen LogP) is 6.08. The van der Waals surface area contributed by atoms with Crippen molar-refractivity contribution in [2.45, 2.75) is 51.0 Å². The van der Waals surface area contributed by atoms with Gasteiger partial charge in [-0.2, -0.15) is 0 Å². The van der Waals surface area contributed by atoms with Gasteiger partial charge in [0, 0.05) is 41.4 Å². The monoisotopic (exact) mass is 597 g/mol. The van der Waals surface area contributed by atoms with E-state index in [2.05, 4.69) is 20.5 Å². The second-order valence-electron chi connectivity index (χ2n) is 11.3. The molecule has 43 heavy (non-hydrogen) atoms. The molecule has 2 saturated heterocycles. The van der Waals surface area contributed by atoms with Crippen molar-refractivity contribution < 1.29 is 19.4 Å². The summed E-state index contributed by atoms with van der Waals surface area (Å²) in [4.78, 5) is 28.3. The number of ether oxygens (including phenoxy) is 2. The molecular formula is C33H32ClN5O4. The van der Waals surface area contributed by atoms with E-state index in [0.717, 1.165) is 78.0 Å². The molecule has 3 aromatic heterocycles. The fourth-order valence-electron chi connectivity index (χ4n) is 6.06. The molecule has 1 N–H and O–H groups in total. The Morgan fingerprint density at radius 3 is 2.67 bits per heavy atom. The van der Waals surface area contributed by atoms with Gasteiger partial charge >= 0.3 is 5.97 Å². The molecule has 5 aromatic rings. The summed E-state index contributed by atoms with van der Waals surface area (Å²) in [7, 11) is 0. The molecule has 2 aliphatic rings. The van der Waals surface area contributed by atoms with Crippen molar-refractivity contribution in [1.82, 2.24) is 24.4 Å². The van der Waals surface area contributed by atoms with Gasteiger partial charge in [0.05, 0.1) is 46.3 Å². The van der Waals surface area contributed by atoms with Gasteiger partial charge in [-0.15, -0.1) is 0 Å². The molecule has 0 radical (unpaired) electrons. The number of carboxylic acids is 1. The molecule has 0 amide bonds. The van der Waals surface area contributed by atoms with E-state index in [1.807, 2.05) is 30.3 Å². The van der Waals surface area contributed by atoms with Crippen LogP contribution in [0.4, 0.5) is 0 Å². The maximum atomic E-state index is 11.6. The lowest BCUT2D eigenvalue weighted by atomic mass is 9.93. The number of aromatic carboxylic acids is 1. The Balaban J connectivity index is 1.01. The van der Waals surface area contributed by atoms with Gasteiger partial charge < -0.3 is 19.1 Å². The van der Waals surface area contributed by atoms with E-state index in [1.165, 1.54) is 0 Å². The van der Waals surface area contributed by atoms with Gasteiger partial charge in [0.15, 0.2) is 0 Å². The van der Waals surface area contributed by atoms with Gasteiger partial charge in [0.1, 0.15) is 12.4 Å². The zero-order valence-corrected chi connectivity index (χ0v) is 24.4. The highest BCUT2D eigenvalue weighted by Gasteiger charge is 2.26. The standard InChI is InChI=1S/C33H32ClN5O4/c34-26-9-13-35-32-23(3-1-4-25(26)32)20-43-31-6-2-5-27(37-31)21-10-14-38(15-11-21)19-30-36-28-8-7-22(33(40)41)17-29(28)39(30)18-24-12-16-42-24/h1-9,13,17,21,24H,10-12,14-16,18-20H2,(H,40,41)/t24-/m0/s1. The highest BCUT2D eigenvalue weighted by Crippen LogP contribution is 2.30. The average molecular weight is 598 g/mol. The molecule has 9 nitrogen and oxygen atoms in total. The SMILES string of the molecule is O=C(O)c1ccc2nc(CN3CCC(c4cccc(OCc5cccc6c(Cl)ccnc56)n4)CC3)n(C[C@@H]3CCO3)c2c1. The zero-order chi connectivity index (χ0) is 29.3.